The topological polar surface area (TPSA) is 54.0 Å². The van der Waals surface area contributed by atoms with Crippen LogP contribution in [0.3, 0.4) is 0 Å². The number of nitrogens with one attached hydrogen (secondary N) is 2. The third kappa shape index (κ3) is 3.70. The van der Waals surface area contributed by atoms with Crippen molar-refractivity contribution in [1.29, 1.82) is 0 Å². The molecular formula is C12H19N3OS. The van der Waals surface area contributed by atoms with Crippen LogP contribution in [0, 0.1) is 5.41 Å². The lowest BCUT2D eigenvalue weighted by molar-refractivity contribution is 0.231. The predicted molar refractivity (Wildman–Crippen MR) is 68.9 cm³/mol. The summed E-state index contributed by atoms with van der Waals surface area (Å²) >= 11 is 1.55. The van der Waals surface area contributed by atoms with Crippen LogP contribution in [0.4, 0.5) is 4.79 Å². The summed E-state index contributed by atoms with van der Waals surface area (Å²) in [5.74, 6) is 0. The average Bonchev–Trinajstić information content (AvgIpc) is 2.95. The number of urea groups is 1. The van der Waals surface area contributed by atoms with Crippen molar-refractivity contribution < 1.29 is 4.79 Å². The normalized spacial score (nSPS) is 17.9. The fraction of sp³-hybridized carbons (Fsp3) is 0.667. The summed E-state index contributed by atoms with van der Waals surface area (Å²) in [6, 6.07) is -0.0895. The second kappa shape index (κ2) is 5.49. The zero-order valence-electron chi connectivity index (χ0n) is 10.2. The van der Waals surface area contributed by atoms with Crippen LogP contribution in [0.5, 0.6) is 0 Å². The second-order valence-electron chi connectivity index (χ2n) is 4.98. The van der Waals surface area contributed by atoms with E-state index >= 15 is 0 Å². The van der Waals surface area contributed by atoms with E-state index < -0.39 is 0 Å². The maximum atomic E-state index is 11.6. The van der Waals surface area contributed by atoms with Crippen LogP contribution in [0.2, 0.25) is 0 Å². The van der Waals surface area contributed by atoms with Gasteiger partial charge in [-0.2, -0.15) is 0 Å². The Labute approximate surface area is 106 Å². The molecule has 0 aromatic carbocycles. The number of hydrogen-bond acceptors (Lipinski definition) is 3. The number of carbonyl (C=O) groups is 1. The third-order valence-electron chi connectivity index (χ3n) is 3.37. The van der Waals surface area contributed by atoms with Gasteiger partial charge in [0.15, 0.2) is 0 Å². The molecular weight excluding hydrogens is 234 g/mol. The molecule has 1 heterocycles. The first kappa shape index (κ1) is 12.4. The smallest absolute Gasteiger partial charge is 0.315 e. The van der Waals surface area contributed by atoms with Crippen molar-refractivity contribution in [2.45, 2.75) is 39.2 Å². The molecule has 4 nitrogen and oxygen atoms in total. The number of thiazole rings is 1. The molecule has 1 aliphatic carbocycles. The summed E-state index contributed by atoms with van der Waals surface area (Å²) in [6.07, 6.45) is 6.77. The van der Waals surface area contributed by atoms with Gasteiger partial charge in [0, 0.05) is 18.1 Å². The van der Waals surface area contributed by atoms with Gasteiger partial charge in [0.25, 0.3) is 0 Å². The van der Waals surface area contributed by atoms with E-state index in [4.69, 9.17) is 0 Å². The second-order valence-corrected chi connectivity index (χ2v) is 5.96. The molecule has 2 amide bonds. The molecule has 0 radical (unpaired) electrons. The molecule has 5 heteroatoms. The van der Waals surface area contributed by atoms with Gasteiger partial charge in [-0.15, -0.1) is 11.3 Å². The zero-order valence-corrected chi connectivity index (χ0v) is 11.0. The fourth-order valence-electron chi connectivity index (χ4n) is 2.26. The molecule has 0 unspecified atom stereocenters. The van der Waals surface area contributed by atoms with Crippen LogP contribution in [-0.2, 0) is 6.54 Å². The van der Waals surface area contributed by atoms with Crippen LogP contribution < -0.4 is 10.6 Å². The number of nitrogens with zero attached hydrogens (tertiary/aromatic N) is 1. The quantitative estimate of drug-likeness (QED) is 0.866. The highest BCUT2D eigenvalue weighted by Crippen LogP contribution is 2.36. The lowest BCUT2D eigenvalue weighted by Gasteiger charge is -2.23. The summed E-state index contributed by atoms with van der Waals surface area (Å²) in [5, 5.41) is 8.63. The van der Waals surface area contributed by atoms with Crippen LogP contribution in [0.25, 0.3) is 0 Å². The maximum Gasteiger partial charge on any atom is 0.315 e. The van der Waals surface area contributed by atoms with E-state index in [1.165, 1.54) is 25.7 Å². The van der Waals surface area contributed by atoms with Gasteiger partial charge in [0.2, 0.25) is 0 Å². The Balaban J connectivity index is 1.67. The van der Waals surface area contributed by atoms with Gasteiger partial charge in [0.1, 0.15) is 5.01 Å². The fourth-order valence-corrected chi connectivity index (χ4v) is 2.81. The van der Waals surface area contributed by atoms with E-state index in [0.29, 0.717) is 12.0 Å². The van der Waals surface area contributed by atoms with Crippen molar-refractivity contribution >= 4 is 17.4 Å². The van der Waals surface area contributed by atoms with Gasteiger partial charge < -0.3 is 10.6 Å². The summed E-state index contributed by atoms with van der Waals surface area (Å²) < 4.78 is 0. The molecule has 1 saturated carbocycles. The lowest BCUT2D eigenvalue weighted by atomic mass is 9.89. The summed E-state index contributed by atoms with van der Waals surface area (Å²) in [6.45, 7) is 3.54. The molecule has 1 fully saturated rings. The molecule has 1 aliphatic rings. The minimum absolute atomic E-state index is 0.0895. The van der Waals surface area contributed by atoms with E-state index in [9.17, 15) is 4.79 Å². The van der Waals surface area contributed by atoms with E-state index in [0.717, 1.165) is 11.6 Å². The predicted octanol–water partition coefficient (Wildman–Crippen LogP) is 2.52. The van der Waals surface area contributed by atoms with Gasteiger partial charge >= 0.3 is 6.03 Å². The van der Waals surface area contributed by atoms with Crippen molar-refractivity contribution in [2.24, 2.45) is 5.41 Å². The van der Waals surface area contributed by atoms with Gasteiger partial charge in [-0.1, -0.05) is 19.8 Å². The summed E-state index contributed by atoms with van der Waals surface area (Å²) in [7, 11) is 0. The molecule has 0 saturated heterocycles. The van der Waals surface area contributed by atoms with Crippen molar-refractivity contribution in [1.82, 2.24) is 15.6 Å². The number of rotatable bonds is 4. The number of aromatic nitrogens is 1. The molecule has 0 spiro atoms. The first-order valence-electron chi connectivity index (χ1n) is 6.08. The van der Waals surface area contributed by atoms with Crippen molar-refractivity contribution in [2.75, 3.05) is 6.54 Å². The average molecular weight is 253 g/mol. The van der Waals surface area contributed by atoms with Gasteiger partial charge in [-0.3, -0.25) is 0 Å². The van der Waals surface area contributed by atoms with E-state index in [1.807, 2.05) is 5.38 Å². The number of hydrogen-bond donors (Lipinski definition) is 2. The minimum atomic E-state index is -0.0895. The first-order chi connectivity index (χ1) is 8.18. The molecule has 94 valence electrons. The number of carbonyl (C=O) groups excluding carboxylic acids is 1. The van der Waals surface area contributed by atoms with Crippen molar-refractivity contribution in [3.8, 4) is 0 Å². The standard InChI is InChI=1S/C12H19N3OS/c1-12(4-2-3-5-12)9-15-11(16)14-8-10-13-6-7-17-10/h6-7H,2-5,8-9H2,1H3,(H2,14,15,16). The molecule has 0 aliphatic heterocycles. The highest BCUT2D eigenvalue weighted by atomic mass is 32.1. The largest absolute Gasteiger partial charge is 0.338 e. The molecule has 17 heavy (non-hydrogen) atoms. The Morgan fingerprint density at radius 1 is 1.47 bits per heavy atom. The van der Waals surface area contributed by atoms with Crippen LogP contribution in [0.1, 0.15) is 37.6 Å². The maximum absolute atomic E-state index is 11.6. The minimum Gasteiger partial charge on any atom is -0.338 e. The SMILES string of the molecule is CC1(CNC(=O)NCc2nccs2)CCCC1. The monoisotopic (exact) mass is 253 g/mol. The van der Waals surface area contributed by atoms with Crippen molar-refractivity contribution in [3.63, 3.8) is 0 Å². The van der Waals surface area contributed by atoms with Crippen LogP contribution in [0.15, 0.2) is 11.6 Å². The third-order valence-corrected chi connectivity index (χ3v) is 4.15. The molecule has 2 N–H and O–H groups in total. The summed E-state index contributed by atoms with van der Waals surface area (Å²) in [5.41, 5.74) is 0.304. The Kier molecular flexibility index (Phi) is 3.99. The number of amides is 2. The Morgan fingerprint density at radius 2 is 2.24 bits per heavy atom. The molecule has 0 bridgehead atoms. The van der Waals surface area contributed by atoms with E-state index in [1.54, 1.807) is 17.5 Å². The molecule has 1 aromatic heterocycles. The highest BCUT2D eigenvalue weighted by molar-refractivity contribution is 7.09. The summed E-state index contributed by atoms with van der Waals surface area (Å²) in [4.78, 5) is 15.7. The van der Waals surface area contributed by atoms with E-state index in [2.05, 4.69) is 22.5 Å². The Bertz CT molecular complexity index is 358. The first-order valence-corrected chi connectivity index (χ1v) is 6.96. The zero-order chi connectivity index (χ0) is 12.1. The lowest BCUT2D eigenvalue weighted by Crippen LogP contribution is -2.40. The molecule has 2 rings (SSSR count). The van der Waals surface area contributed by atoms with E-state index in [-0.39, 0.29) is 6.03 Å². The molecule has 1 aromatic rings. The van der Waals surface area contributed by atoms with Crippen molar-refractivity contribution in [3.05, 3.63) is 16.6 Å². The van der Waals surface area contributed by atoms with Crippen LogP contribution >= 0.6 is 11.3 Å². The van der Waals surface area contributed by atoms with Crippen LogP contribution in [-0.4, -0.2) is 17.6 Å². The van der Waals surface area contributed by atoms with Gasteiger partial charge in [0.05, 0.1) is 6.54 Å². The Morgan fingerprint density at radius 3 is 2.88 bits per heavy atom. The molecule has 0 atom stereocenters. The Hall–Kier alpha value is -1.10. The van der Waals surface area contributed by atoms with Gasteiger partial charge in [-0.25, -0.2) is 9.78 Å². The highest BCUT2D eigenvalue weighted by Gasteiger charge is 2.28. The van der Waals surface area contributed by atoms with Gasteiger partial charge in [-0.05, 0) is 18.3 Å².